The minimum atomic E-state index is -2.87. The molecule has 0 aliphatic rings. The maximum atomic E-state index is 14.2. The van der Waals surface area contributed by atoms with E-state index in [1.807, 2.05) is 0 Å². The number of anilines is 2. The molecule has 122 valence electrons. The molecule has 0 spiro atoms. The second-order valence-corrected chi connectivity index (χ2v) is 5.04. The molecule has 3 N–H and O–H groups in total. The summed E-state index contributed by atoms with van der Waals surface area (Å²) in [5.41, 5.74) is 5.78. The van der Waals surface area contributed by atoms with E-state index in [-0.39, 0.29) is 11.4 Å². The van der Waals surface area contributed by atoms with Crippen LogP contribution >= 0.6 is 0 Å². The summed E-state index contributed by atoms with van der Waals surface area (Å²) in [6, 6.07) is 3.31. The number of aryl methyl sites for hydroxylation is 1. The van der Waals surface area contributed by atoms with Crippen molar-refractivity contribution in [2.24, 2.45) is 0 Å². The predicted molar refractivity (Wildman–Crippen MR) is 84.7 cm³/mol. The zero-order chi connectivity index (χ0) is 17.1. The van der Waals surface area contributed by atoms with Gasteiger partial charge < -0.3 is 11.1 Å². The molecule has 1 aromatic heterocycles. The lowest BCUT2D eigenvalue weighted by molar-refractivity contribution is 0.146. The van der Waals surface area contributed by atoms with Crippen molar-refractivity contribution in [3.63, 3.8) is 0 Å². The van der Waals surface area contributed by atoms with Gasteiger partial charge >= 0.3 is 0 Å². The Morgan fingerprint density at radius 1 is 1.26 bits per heavy atom. The summed E-state index contributed by atoms with van der Waals surface area (Å²) in [5.74, 6) is 0.120. The van der Waals surface area contributed by atoms with Crippen LogP contribution in [0, 0.1) is 12.7 Å². The van der Waals surface area contributed by atoms with Crippen molar-refractivity contribution in [3.8, 4) is 0 Å². The Labute approximate surface area is 132 Å². The lowest BCUT2D eigenvalue weighted by atomic mass is 10.0. The Morgan fingerprint density at radius 3 is 2.52 bits per heavy atom. The fraction of sp³-hybridized carbons (Fsp3) is 0.250. The minimum absolute atomic E-state index is 0.118. The molecule has 0 bridgehead atoms. The van der Waals surface area contributed by atoms with E-state index in [4.69, 9.17) is 5.73 Å². The quantitative estimate of drug-likeness (QED) is 0.863. The van der Waals surface area contributed by atoms with Crippen molar-refractivity contribution in [1.29, 1.82) is 0 Å². The lowest BCUT2D eigenvalue weighted by Crippen LogP contribution is -2.14. The number of nitrogens with one attached hydrogen (secondary N) is 1. The SMILES string of the molecule is C=Cc1c(N)nc(C)nc1N[C@H](C)c1cccc(C(F)F)c1F. The van der Waals surface area contributed by atoms with Crippen molar-refractivity contribution in [2.45, 2.75) is 26.3 Å². The van der Waals surface area contributed by atoms with Gasteiger partial charge in [0.1, 0.15) is 23.3 Å². The molecule has 0 radical (unpaired) electrons. The molecule has 1 heterocycles. The third kappa shape index (κ3) is 3.44. The number of halogens is 3. The van der Waals surface area contributed by atoms with Crippen molar-refractivity contribution < 1.29 is 13.2 Å². The molecule has 0 unspecified atom stereocenters. The molecule has 1 atom stereocenters. The van der Waals surface area contributed by atoms with Crippen LogP contribution in [0.2, 0.25) is 0 Å². The Kier molecular flexibility index (Phi) is 4.88. The van der Waals surface area contributed by atoms with E-state index >= 15 is 0 Å². The van der Waals surface area contributed by atoms with Gasteiger partial charge in [-0.1, -0.05) is 30.9 Å². The third-order valence-electron chi connectivity index (χ3n) is 3.40. The number of hydrogen-bond donors (Lipinski definition) is 2. The van der Waals surface area contributed by atoms with E-state index in [0.717, 1.165) is 6.07 Å². The maximum absolute atomic E-state index is 14.2. The molecular weight excluding hydrogens is 305 g/mol. The van der Waals surface area contributed by atoms with Crippen LogP contribution in [0.15, 0.2) is 24.8 Å². The summed E-state index contributed by atoms with van der Waals surface area (Å²) >= 11 is 0. The summed E-state index contributed by atoms with van der Waals surface area (Å²) in [6.07, 6.45) is -1.39. The minimum Gasteiger partial charge on any atom is -0.383 e. The zero-order valence-electron chi connectivity index (χ0n) is 12.8. The van der Waals surface area contributed by atoms with E-state index in [1.165, 1.54) is 18.2 Å². The molecule has 2 rings (SSSR count). The van der Waals surface area contributed by atoms with Gasteiger partial charge in [-0.05, 0) is 13.8 Å². The first-order valence-corrected chi connectivity index (χ1v) is 6.94. The van der Waals surface area contributed by atoms with Crippen molar-refractivity contribution in [1.82, 2.24) is 9.97 Å². The Hall–Kier alpha value is -2.57. The Balaban J connectivity index is 2.39. The fourth-order valence-electron chi connectivity index (χ4n) is 2.27. The van der Waals surface area contributed by atoms with Gasteiger partial charge in [-0.15, -0.1) is 0 Å². The van der Waals surface area contributed by atoms with Crippen LogP contribution < -0.4 is 11.1 Å². The number of nitrogen functional groups attached to an aromatic ring is 1. The van der Waals surface area contributed by atoms with E-state index in [1.54, 1.807) is 13.8 Å². The van der Waals surface area contributed by atoms with Gasteiger partial charge in [-0.2, -0.15) is 0 Å². The molecule has 23 heavy (non-hydrogen) atoms. The molecule has 0 saturated carbocycles. The molecule has 0 aliphatic heterocycles. The van der Waals surface area contributed by atoms with Crippen LogP contribution in [0.5, 0.6) is 0 Å². The normalized spacial score (nSPS) is 12.3. The standard InChI is InChI=1S/C16H17F3N4/c1-4-10-15(20)22-9(3)23-16(10)21-8(2)11-6-5-7-12(13(11)17)14(18)19/h4-8,14H,1H2,2-3H3,(H3,20,21,22,23)/t8-/m1/s1. The number of alkyl halides is 2. The van der Waals surface area contributed by atoms with Gasteiger partial charge in [-0.3, -0.25) is 0 Å². The highest BCUT2D eigenvalue weighted by atomic mass is 19.3. The highest BCUT2D eigenvalue weighted by molar-refractivity contribution is 5.71. The molecular formula is C16H17F3N4. The summed E-state index contributed by atoms with van der Waals surface area (Å²) in [4.78, 5) is 8.24. The van der Waals surface area contributed by atoms with Crippen LogP contribution in [0.25, 0.3) is 6.08 Å². The molecule has 0 amide bonds. The van der Waals surface area contributed by atoms with E-state index in [9.17, 15) is 13.2 Å². The highest BCUT2D eigenvalue weighted by Crippen LogP contribution is 2.30. The molecule has 7 heteroatoms. The summed E-state index contributed by atoms with van der Waals surface area (Å²) < 4.78 is 39.8. The van der Waals surface area contributed by atoms with E-state index in [2.05, 4.69) is 21.9 Å². The molecule has 4 nitrogen and oxygen atoms in total. The average Bonchev–Trinajstić information content (AvgIpc) is 2.46. The summed E-state index contributed by atoms with van der Waals surface area (Å²) in [5, 5.41) is 2.98. The first-order chi connectivity index (χ1) is 10.8. The van der Waals surface area contributed by atoms with Crippen LogP contribution in [0.4, 0.5) is 24.8 Å². The number of nitrogens with two attached hydrogens (primary N) is 1. The second-order valence-electron chi connectivity index (χ2n) is 5.04. The highest BCUT2D eigenvalue weighted by Gasteiger charge is 2.20. The van der Waals surface area contributed by atoms with Crippen molar-refractivity contribution in [3.05, 3.63) is 53.1 Å². The van der Waals surface area contributed by atoms with E-state index in [0.29, 0.717) is 17.2 Å². The Morgan fingerprint density at radius 2 is 1.91 bits per heavy atom. The zero-order valence-corrected chi connectivity index (χ0v) is 12.8. The van der Waals surface area contributed by atoms with Gasteiger partial charge in [0.2, 0.25) is 0 Å². The maximum Gasteiger partial charge on any atom is 0.266 e. The van der Waals surface area contributed by atoms with Gasteiger partial charge in [0.15, 0.2) is 0 Å². The molecule has 0 aliphatic carbocycles. The fourth-order valence-corrected chi connectivity index (χ4v) is 2.27. The van der Waals surface area contributed by atoms with Gasteiger partial charge in [0.25, 0.3) is 6.43 Å². The van der Waals surface area contributed by atoms with Crippen LogP contribution in [-0.2, 0) is 0 Å². The number of benzene rings is 1. The first kappa shape index (κ1) is 16.8. The van der Waals surface area contributed by atoms with Crippen LogP contribution in [-0.4, -0.2) is 9.97 Å². The van der Waals surface area contributed by atoms with Gasteiger partial charge in [-0.25, -0.2) is 23.1 Å². The number of rotatable bonds is 5. The summed E-state index contributed by atoms with van der Waals surface area (Å²) in [6.45, 7) is 6.95. The van der Waals surface area contributed by atoms with Crippen LogP contribution in [0.1, 0.15) is 41.9 Å². The van der Waals surface area contributed by atoms with E-state index < -0.39 is 23.8 Å². The lowest BCUT2D eigenvalue weighted by Gasteiger charge is -2.19. The van der Waals surface area contributed by atoms with Crippen molar-refractivity contribution in [2.75, 3.05) is 11.1 Å². The predicted octanol–water partition coefficient (Wildman–Crippen LogP) is 4.26. The molecule has 0 fully saturated rings. The van der Waals surface area contributed by atoms with Gasteiger partial charge in [0, 0.05) is 5.56 Å². The molecule has 0 saturated heterocycles. The van der Waals surface area contributed by atoms with Crippen molar-refractivity contribution >= 4 is 17.7 Å². The van der Waals surface area contributed by atoms with Crippen LogP contribution in [0.3, 0.4) is 0 Å². The number of aromatic nitrogens is 2. The topological polar surface area (TPSA) is 63.8 Å². The number of hydrogen-bond acceptors (Lipinski definition) is 4. The smallest absolute Gasteiger partial charge is 0.266 e. The van der Waals surface area contributed by atoms with Gasteiger partial charge in [0.05, 0.1) is 17.2 Å². The molecule has 2 aromatic rings. The largest absolute Gasteiger partial charge is 0.383 e. The Bertz CT molecular complexity index is 732. The number of nitrogens with zero attached hydrogens (tertiary/aromatic N) is 2. The third-order valence-corrected chi connectivity index (χ3v) is 3.40. The first-order valence-electron chi connectivity index (χ1n) is 6.94. The molecule has 1 aromatic carbocycles. The summed E-state index contributed by atoms with van der Waals surface area (Å²) in [7, 11) is 0. The average molecular weight is 322 g/mol. The monoisotopic (exact) mass is 322 g/mol. The second kappa shape index (κ2) is 6.68.